The molecule has 7 atom stereocenters. The van der Waals surface area contributed by atoms with E-state index >= 15 is 0 Å². The highest BCUT2D eigenvalue weighted by molar-refractivity contribution is 6.05. The summed E-state index contributed by atoms with van der Waals surface area (Å²) in [5, 5.41) is 9.01. The second-order valence-electron chi connectivity index (χ2n) is 12.0. The van der Waals surface area contributed by atoms with E-state index in [0.717, 1.165) is 18.4 Å². The summed E-state index contributed by atoms with van der Waals surface area (Å²) in [4.78, 5) is 29.7. The lowest BCUT2D eigenvalue weighted by Crippen LogP contribution is -2.53. The van der Waals surface area contributed by atoms with Crippen molar-refractivity contribution in [1.82, 2.24) is 0 Å². The summed E-state index contributed by atoms with van der Waals surface area (Å²) in [6.45, 7) is 10.8. The molecule has 0 spiro atoms. The Hall–Kier alpha value is -1.26. The zero-order valence-electron chi connectivity index (χ0n) is 19.9. The van der Waals surface area contributed by atoms with Crippen LogP contribution in [0.5, 0.6) is 0 Å². The quantitative estimate of drug-likeness (QED) is 0.323. The number of Topliss-reactive ketones (excluding diaryl/α,β-unsaturated/α-hetero) is 1. The van der Waals surface area contributed by atoms with Crippen molar-refractivity contribution >= 4 is 11.6 Å². The molecule has 4 nitrogen and oxygen atoms in total. The van der Waals surface area contributed by atoms with Gasteiger partial charge in [-0.15, -0.1) is 0 Å². The molecule has 0 aromatic rings. The third kappa shape index (κ3) is 3.78. The molecule has 6 unspecified atom stereocenters. The van der Waals surface area contributed by atoms with Crippen molar-refractivity contribution in [3.8, 4) is 0 Å². The number of carbonyl (C=O) groups excluding carboxylic acids is 2. The van der Waals surface area contributed by atoms with Crippen LogP contribution < -0.4 is 0 Å². The van der Waals surface area contributed by atoms with Crippen LogP contribution in [0.15, 0.2) is 23.8 Å². The second-order valence-corrected chi connectivity index (χ2v) is 12.0. The molecule has 0 radical (unpaired) electrons. The molecule has 172 valence electrons. The van der Waals surface area contributed by atoms with E-state index in [1.54, 1.807) is 6.08 Å². The number of hydrogen-bond donors (Lipinski definition) is 1. The van der Waals surface area contributed by atoms with Crippen LogP contribution in [0, 0.1) is 40.4 Å². The molecule has 3 saturated carbocycles. The molecule has 0 aromatic carbocycles. The number of fused-ring (bicyclic) bond motifs is 5. The molecule has 31 heavy (non-hydrogen) atoms. The van der Waals surface area contributed by atoms with Gasteiger partial charge in [0, 0.05) is 18.4 Å². The normalized spacial score (nSPS) is 41.5. The van der Waals surface area contributed by atoms with Crippen LogP contribution in [0.3, 0.4) is 0 Å². The predicted octanol–water partition coefficient (Wildman–Crippen LogP) is 6.16. The first-order chi connectivity index (χ1) is 14.5. The van der Waals surface area contributed by atoms with E-state index in [4.69, 9.17) is 5.26 Å². The standard InChI is InChI=1S/C27H40O4/c1-17(7-6-12-25(2,3)31-30)20-8-9-21-19-16-24(29)23-15-18(28)10-13-27(23,5)22(19)11-14-26(20,21)4/h6,12,15,17,19-22,30H,7-11,13-14,16H2,1-5H3/b12-6+/t17-,19?,20?,21?,22?,26?,27?/m1/s1. The van der Waals surface area contributed by atoms with Crippen LogP contribution >= 0.6 is 0 Å². The first kappa shape index (κ1) is 22.9. The van der Waals surface area contributed by atoms with E-state index in [9.17, 15) is 9.59 Å². The molecule has 0 aliphatic heterocycles. The Kier molecular flexibility index (Phi) is 5.88. The number of carbonyl (C=O) groups is 2. The summed E-state index contributed by atoms with van der Waals surface area (Å²) < 4.78 is 0. The van der Waals surface area contributed by atoms with E-state index in [0.29, 0.717) is 47.8 Å². The van der Waals surface area contributed by atoms with Crippen LogP contribution in [-0.2, 0) is 14.5 Å². The topological polar surface area (TPSA) is 63.6 Å². The van der Waals surface area contributed by atoms with Gasteiger partial charge < -0.3 is 0 Å². The third-order valence-electron chi connectivity index (χ3n) is 9.81. The number of rotatable bonds is 5. The average Bonchev–Trinajstić information content (AvgIpc) is 3.07. The Bertz CT molecular complexity index is 808. The van der Waals surface area contributed by atoms with Gasteiger partial charge in [-0.3, -0.25) is 14.8 Å². The van der Waals surface area contributed by atoms with Gasteiger partial charge in [-0.25, -0.2) is 4.89 Å². The van der Waals surface area contributed by atoms with Crippen LogP contribution in [0.2, 0.25) is 0 Å². The Morgan fingerprint density at radius 2 is 1.94 bits per heavy atom. The van der Waals surface area contributed by atoms with Gasteiger partial charge in [0.2, 0.25) is 0 Å². The summed E-state index contributed by atoms with van der Waals surface area (Å²) in [6, 6.07) is 0. The molecule has 0 bridgehead atoms. The molecule has 0 heterocycles. The molecule has 3 fully saturated rings. The molecule has 4 aliphatic rings. The van der Waals surface area contributed by atoms with Gasteiger partial charge in [0.25, 0.3) is 0 Å². The van der Waals surface area contributed by atoms with Gasteiger partial charge in [-0.1, -0.05) is 32.9 Å². The van der Waals surface area contributed by atoms with Crippen LogP contribution in [0.4, 0.5) is 0 Å². The Labute approximate surface area is 187 Å². The summed E-state index contributed by atoms with van der Waals surface area (Å²) in [7, 11) is 0. The van der Waals surface area contributed by atoms with Crippen LogP contribution in [0.1, 0.15) is 86.0 Å². The average molecular weight is 429 g/mol. The number of hydrogen-bond acceptors (Lipinski definition) is 4. The summed E-state index contributed by atoms with van der Waals surface area (Å²) in [6.07, 6.45) is 13.7. The third-order valence-corrected chi connectivity index (χ3v) is 9.81. The molecule has 1 N–H and O–H groups in total. The smallest absolute Gasteiger partial charge is 0.159 e. The predicted molar refractivity (Wildman–Crippen MR) is 121 cm³/mol. The SMILES string of the molecule is C[C@H](C/C=C/C(C)(C)OO)C1CCC2C3CC(=O)C4=CC(=O)CCC4(C)C3CCC21C. The van der Waals surface area contributed by atoms with E-state index in [-0.39, 0.29) is 17.0 Å². The maximum atomic E-state index is 13.1. The molecule has 4 rings (SSSR count). The highest BCUT2D eigenvalue weighted by atomic mass is 17.1. The Balaban J connectivity index is 1.53. The molecule has 0 amide bonds. The molecule has 4 aliphatic carbocycles. The Morgan fingerprint density at radius 1 is 1.19 bits per heavy atom. The van der Waals surface area contributed by atoms with Crippen molar-refractivity contribution in [2.45, 2.75) is 91.6 Å². The molecule has 0 aromatic heterocycles. The van der Waals surface area contributed by atoms with E-state index < -0.39 is 5.60 Å². The summed E-state index contributed by atoms with van der Waals surface area (Å²) >= 11 is 0. The zero-order valence-corrected chi connectivity index (χ0v) is 19.9. The fraction of sp³-hybridized carbons (Fsp3) is 0.778. The van der Waals surface area contributed by atoms with Gasteiger partial charge in [-0.05, 0) is 98.9 Å². The monoisotopic (exact) mass is 428 g/mol. The largest absolute Gasteiger partial charge is 0.295 e. The lowest BCUT2D eigenvalue weighted by atomic mass is 9.46. The minimum Gasteiger partial charge on any atom is -0.295 e. The fourth-order valence-corrected chi connectivity index (χ4v) is 8.12. The second kappa shape index (κ2) is 7.95. The number of ketones is 2. The van der Waals surface area contributed by atoms with Crippen molar-refractivity contribution in [2.75, 3.05) is 0 Å². The van der Waals surface area contributed by atoms with Crippen LogP contribution in [0.25, 0.3) is 0 Å². The van der Waals surface area contributed by atoms with Crippen LogP contribution in [-0.4, -0.2) is 22.4 Å². The van der Waals surface area contributed by atoms with Crippen molar-refractivity contribution in [2.24, 2.45) is 40.4 Å². The maximum absolute atomic E-state index is 13.1. The molecular weight excluding hydrogens is 388 g/mol. The van der Waals surface area contributed by atoms with E-state index in [1.165, 1.54) is 25.7 Å². The summed E-state index contributed by atoms with van der Waals surface area (Å²) in [5.41, 5.74) is 0.386. The molecule has 0 saturated heterocycles. The van der Waals surface area contributed by atoms with Crippen molar-refractivity contribution in [3.05, 3.63) is 23.8 Å². The minimum atomic E-state index is -0.648. The van der Waals surface area contributed by atoms with Gasteiger partial charge in [0.1, 0.15) is 5.60 Å². The first-order valence-electron chi connectivity index (χ1n) is 12.3. The van der Waals surface area contributed by atoms with Gasteiger partial charge in [0.05, 0.1) is 0 Å². The highest BCUT2D eigenvalue weighted by Crippen LogP contribution is 2.67. The first-order valence-corrected chi connectivity index (χ1v) is 12.3. The summed E-state index contributed by atoms with van der Waals surface area (Å²) in [5.74, 6) is 3.23. The van der Waals surface area contributed by atoms with Crippen molar-refractivity contribution < 1.29 is 19.7 Å². The highest BCUT2D eigenvalue weighted by Gasteiger charge is 2.60. The molecule has 4 heteroatoms. The molecular formula is C27H40O4. The van der Waals surface area contributed by atoms with Crippen molar-refractivity contribution in [1.29, 1.82) is 0 Å². The van der Waals surface area contributed by atoms with Gasteiger partial charge in [-0.2, -0.15) is 0 Å². The van der Waals surface area contributed by atoms with Gasteiger partial charge >= 0.3 is 0 Å². The lowest BCUT2D eigenvalue weighted by molar-refractivity contribution is -0.297. The lowest BCUT2D eigenvalue weighted by Gasteiger charge is -2.57. The minimum absolute atomic E-state index is 0.0996. The van der Waals surface area contributed by atoms with E-state index in [1.807, 2.05) is 19.9 Å². The maximum Gasteiger partial charge on any atom is 0.159 e. The van der Waals surface area contributed by atoms with Gasteiger partial charge in [0.15, 0.2) is 11.6 Å². The van der Waals surface area contributed by atoms with E-state index in [2.05, 4.69) is 31.7 Å². The number of allylic oxidation sites excluding steroid dienone is 2. The van der Waals surface area contributed by atoms with Crippen molar-refractivity contribution in [3.63, 3.8) is 0 Å². The zero-order chi connectivity index (χ0) is 22.6. The fourth-order valence-electron chi connectivity index (χ4n) is 8.12. The Morgan fingerprint density at radius 3 is 2.65 bits per heavy atom.